The molecule has 0 radical (unpaired) electrons. The second kappa shape index (κ2) is 7.04. The fourth-order valence-corrected chi connectivity index (χ4v) is 1.52. The summed E-state index contributed by atoms with van der Waals surface area (Å²) in [6.45, 7) is 2.44. The molecule has 1 rings (SSSR count). The van der Waals surface area contributed by atoms with Crippen molar-refractivity contribution in [2.75, 3.05) is 13.7 Å². The molecule has 94 valence electrons. The lowest BCUT2D eigenvalue weighted by atomic mass is 10.1. The van der Waals surface area contributed by atoms with E-state index in [0.29, 0.717) is 13.0 Å². The van der Waals surface area contributed by atoms with Crippen molar-refractivity contribution < 1.29 is 9.53 Å². The molecule has 0 spiro atoms. The highest BCUT2D eigenvalue weighted by Crippen LogP contribution is 2.11. The van der Waals surface area contributed by atoms with Crippen molar-refractivity contribution in [3.05, 3.63) is 35.9 Å². The first-order chi connectivity index (χ1) is 8.15. The van der Waals surface area contributed by atoms with Crippen molar-refractivity contribution in [1.82, 2.24) is 5.32 Å². The molecule has 0 aliphatic heterocycles. The van der Waals surface area contributed by atoms with Crippen LogP contribution in [0.4, 0.5) is 0 Å². The summed E-state index contributed by atoms with van der Waals surface area (Å²) in [5.41, 5.74) is 6.81. The second-order valence-corrected chi connectivity index (χ2v) is 4.03. The van der Waals surface area contributed by atoms with Gasteiger partial charge in [-0.15, -0.1) is 0 Å². The third-order valence-corrected chi connectivity index (χ3v) is 2.63. The fraction of sp³-hybridized carbons (Fsp3) is 0.462. The Morgan fingerprint density at radius 3 is 2.65 bits per heavy atom. The van der Waals surface area contributed by atoms with E-state index in [2.05, 4.69) is 5.32 Å². The Hall–Kier alpha value is -1.39. The number of methoxy groups -OCH3 is 1. The molecule has 2 atom stereocenters. The molecule has 0 fully saturated rings. The van der Waals surface area contributed by atoms with Gasteiger partial charge in [-0.2, -0.15) is 0 Å². The first kappa shape index (κ1) is 13.7. The van der Waals surface area contributed by atoms with Crippen LogP contribution in [-0.2, 0) is 9.53 Å². The third-order valence-electron chi connectivity index (χ3n) is 2.63. The van der Waals surface area contributed by atoms with Crippen LogP contribution in [0.15, 0.2) is 30.3 Å². The van der Waals surface area contributed by atoms with Crippen LogP contribution in [0.25, 0.3) is 0 Å². The maximum absolute atomic E-state index is 11.7. The van der Waals surface area contributed by atoms with Crippen molar-refractivity contribution in [1.29, 1.82) is 0 Å². The summed E-state index contributed by atoms with van der Waals surface area (Å²) in [5, 5.41) is 2.89. The van der Waals surface area contributed by atoms with Gasteiger partial charge < -0.3 is 15.8 Å². The molecule has 3 N–H and O–H groups in total. The maximum atomic E-state index is 11.7. The second-order valence-electron chi connectivity index (χ2n) is 4.03. The van der Waals surface area contributed by atoms with E-state index in [-0.39, 0.29) is 11.9 Å². The van der Waals surface area contributed by atoms with Gasteiger partial charge in [-0.3, -0.25) is 4.79 Å². The number of hydrogen-bond donors (Lipinski definition) is 2. The van der Waals surface area contributed by atoms with Crippen LogP contribution in [-0.4, -0.2) is 25.7 Å². The zero-order chi connectivity index (χ0) is 12.7. The van der Waals surface area contributed by atoms with Crippen LogP contribution in [0, 0.1) is 0 Å². The molecule has 4 nitrogen and oxygen atoms in total. The molecular formula is C13H20N2O2. The van der Waals surface area contributed by atoms with Gasteiger partial charge in [0.1, 0.15) is 0 Å². The standard InChI is InChI=1S/C13H20N2O2/c1-10(11-6-4-3-5-7-11)15-13(16)12(14)8-9-17-2/h3-7,10,12H,8-9,14H2,1-2H3,(H,15,16)/t10-,12?/m1/s1. The molecule has 0 aromatic heterocycles. The molecule has 0 aliphatic rings. The first-order valence-corrected chi connectivity index (χ1v) is 5.75. The van der Waals surface area contributed by atoms with E-state index >= 15 is 0 Å². The number of nitrogens with two attached hydrogens (primary N) is 1. The van der Waals surface area contributed by atoms with E-state index in [4.69, 9.17) is 10.5 Å². The molecule has 0 saturated carbocycles. The molecule has 1 aromatic carbocycles. The normalized spacial score (nSPS) is 14.1. The fourth-order valence-electron chi connectivity index (χ4n) is 1.52. The number of rotatable bonds is 6. The van der Waals surface area contributed by atoms with Crippen LogP contribution in [0.1, 0.15) is 24.9 Å². The minimum absolute atomic E-state index is 0.0303. The molecule has 17 heavy (non-hydrogen) atoms. The molecule has 0 aliphatic carbocycles. The third kappa shape index (κ3) is 4.54. The van der Waals surface area contributed by atoms with E-state index in [1.54, 1.807) is 7.11 Å². The first-order valence-electron chi connectivity index (χ1n) is 5.75. The van der Waals surface area contributed by atoms with E-state index in [9.17, 15) is 4.79 Å². The SMILES string of the molecule is COCCC(N)C(=O)N[C@H](C)c1ccccc1. The number of amides is 1. The summed E-state index contributed by atoms with van der Waals surface area (Å²) in [6.07, 6.45) is 0.532. The average Bonchev–Trinajstić information content (AvgIpc) is 2.36. The Bertz CT molecular complexity index is 341. The monoisotopic (exact) mass is 236 g/mol. The van der Waals surface area contributed by atoms with Crippen LogP contribution in [0.5, 0.6) is 0 Å². The average molecular weight is 236 g/mol. The van der Waals surface area contributed by atoms with Crippen molar-refractivity contribution in [3.63, 3.8) is 0 Å². The van der Waals surface area contributed by atoms with E-state index in [1.165, 1.54) is 0 Å². The van der Waals surface area contributed by atoms with Crippen molar-refractivity contribution >= 4 is 5.91 Å². The van der Waals surface area contributed by atoms with Gasteiger partial charge in [0.05, 0.1) is 12.1 Å². The van der Waals surface area contributed by atoms with Gasteiger partial charge in [0.2, 0.25) is 5.91 Å². The Morgan fingerprint density at radius 1 is 1.41 bits per heavy atom. The Kier molecular flexibility index (Phi) is 5.66. The number of benzene rings is 1. The summed E-state index contributed by atoms with van der Waals surface area (Å²) < 4.78 is 4.89. The lowest BCUT2D eigenvalue weighted by Gasteiger charge is -2.17. The van der Waals surface area contributed by atoms with Crippen LogP contribution < -0.4 is 11.1 Å². The maximum Gasteiger partial charge on any atom is 0.237 e. The van der Waals surface area contributed by atoms with Gasteiger partial charge in [0.15, 0.2) is 0 Å². The molecule has 1 unspecified atom stereocenters. The molecule has 0 heterocycles. The van der Waals surface area contributed by atoms with Gasteiger partial charge in [-0.25, -0.2) is 0 Å². The number of nitrogens with one attached hydrogen (secondary N) is 1. The minimum atomic E-state index is -0.513. The van der Waals surface area contributed by atoms with Gasteiger partial charge in [0, 0.05) is 13.7 Å². The lowest BCUT2D eigenvalue weighted by molar-refractivity contribution is -0.123. The van der Waals surface area contributed by atoms with Crippen LogP contribution >= 0.6 is 0 Å². The van der Waals surface area contributed by atoms with E-state index < -0.39 is 6.04 Å². The van der Waals surface area contributed by atoms with Crippen LogP contribution in [0.2, 0.25) is 0 Å². The van der Waals surface area contributed by atoms with Crippen molar-refractivity contribution in [3.8, 4) is 0 Å². The highest BCUT2D eigenvalue weighted by molar-refractivity contribution is 5.81. The van der Waals surface area contributed by atoms with Gasteiger partial charge in [-0.1, -0.05) is 30.3 Å². The van der Waals surface area contributed by atoms with Gasteiger partial charge in [-0.05, 0) is 18.9 Å². The number of ether oxygens (including phenoxy) is 1. The summed E-state index contributed by atoms with van der Waals surface area (Å²) in [7, 11) is 1.59. The smallest absolute Gasteiger partial charge is 0.237 e. The lowest BCUT2D eigenvalue weighted by Crippen LogP contribution is -2.42. The molecule has 0 saturated heterocycles. The summed E-state index contributed by atoms with van der Waals surface area (Å²) >= 11 is 0. The Labute approximate surface area is 102 Å². The molecule has 0 bridgehead atoms. The van der Waals surface area contributed by atoms with Crippen molar-refractivity contribution in [2.45, 2.75) is 25.4 Å². The number of hydrogen-bond acceptors (Lipinski definition) is 3. The highest BCUT2D eigenvalue weighted by Gasteiger charge is 2.15. The zero-order valence-corrected chi connectivity index (χ0v) is 10.3. The molecule has 1 aromatic rings. The highest BCUT2D eigenvalue weighted by atomic mass is 16.5. The quantitative estimate of drug-likeness (QED) is 0.780. The topological polar surface area (TPSA) is 64.3 Å². The Balaban J connectivity index is 2.46. The number of carbonyl (C=O) groups is 1. The van der Waals surface area contributed by atoms with Gasteiger partial charge in [0.25, 0.3) is 0 Å². The van der Waals surface area contributed by atoms with Crippen LogP contribution in [0.3, 0.4) is 0 Å². The Morgan fingerprint density at radius 2 is 2.06 bits per heavy atom. The van der Waals surface area contributed by atoms with Gasteiger partial charge >= 0.3 is 0 Å². The predicted molar refractivity (Wildman–Crippen MR) is 67.5 cm³/mol. The summed E-state index contributed by atoms with van der Waals surface area (Å²) in [4.78, 5) is 11.7. The molecule has 1 amide bonds. The largest absolute Gasteiger partial charge is 0.385 e. The van der Waals surface area contributed by atoms with Crippen molar-refractivity contribution in [2.24, 2.45) is 5.73 Å². The van der Waals surface area contributed by atoms with E-state index in [0.717, 1.165) is 5.56 Å². The number of carbonyl (C=O) groups excluding carboxylic acids is 1. The molecular weight excluding hydrogens is 216 g/mol. The molecule has 4 heteroatoms. The zero-order valence-electron chi connectivity index (χ0n) is 10.3. The van der Waals surface area contributed by atoms with E-state index in [1.807, 2.05) is 37.3 Å². The summed E-state index contributed by atoms with van der Waals surface area (Å²) in [6, 6.07) is 9.25. The minimum Gasteiger partial charge on any atom is -0.385 e. The predicted octanol–water partition coefficient (Wildman–Crippen LogP) is 1.23. The summed E-state index contributed by atoms with van der Waals surface area (Å²) in [5.74, 6) is -0.140.